The van der Waals surface area contributed by atoms with E-state index < -0.39 is 5.97 Å². The smallest absolute Gasteiger partial charge is 0.304 e. The van der Waals surface area contributed by atoms with Gasteiger partial charge in [-0.25, -0.2) is 0 Å². The van der Waals surface area contributed by atoms with Gasteiger partial charge in [-0.2, -0.15) is 11.8 Å². The normalized spacial score (nSPS) is 29.9. The Morgan fingerprint density at radius 2 is 2.06 bits per heavy atom. The molecule has 0 spiro atoms. The van der Waals surface area contributed by atoms with Crippen LogP contribution in [0.1, 0.15) is 38.5 Å². The van der Waals surface area contributed by atoms with Crippen LogP contribution in [0.15, 0.2) is 0 Å². The van der Waals surface area contributed by atoms with Crippen LogP contribution < -0.4 is 0 Å². The number of aliphatic carboxylic acids is 1. The lowest BCUT2D eigenvalue weighted by atomic mass is 9.85. The van der Waals surface area contributed by atoms with E-state index in [-0.39, 0.29) is 0 Å². The molecule has 98 valence electrons. The molecule has 2 aliphatic rings. The van der Waals surface area contributed by atoms with Gasteiger partial charge in [-0.15, -0.1) is 0 Å². The molecule has 2 fully saturated rings. The number of piperidine rings is 2. The Balaban J connectivity index is 1.73. The molecule has 3 nitrogen and oxygen atoms in total. The summed E-state index contributed by atoms with van der Waals surface area (Å²) in [4.78, 5) is 13.1. The first-order valence-corrected chi connectivity index (χ1v) is 7.96. The Hall–Kier alpha value is -0.220. The van der Waals surface area contributed by atoms with Gasteiger partial charge in [-0.1, -0.05) is 6.42 Å². The van der Waals surface area contributed by atoms with Gasteiger partial charge in [0.05, 0.1) is 6.42 Å². The van der Waals surface area contributed by atoms with Crippen molar-refractivity contribution in [3.8, 4) is 0 Å². The first-order chi connectivity index (χ1) is 8.27. The van der Waals surface area contributed by atoms with Gasteiger partial charge in [0, 0.05) is 11.8 Å². The molecule has 1 N–H and O–H groups in total. The number of carboxylic acid groups (broad SMARTS) is 1. The van der Waals surface area contributed by atoms with Gasteiger partial charge < -0.3 is 10.0 Å². The molecule has 0 aliphatic carbocycles. The standard InChI is InChI=1S/C13H23NO2S/c15-13(16)6-9-17-10-11-4-3-8-14-7-2-1-5-12(11)14/h11-12H,1-10H2,(H,15,16). The fraction of sp³-hybridized carbons (Fsp3) is 0.923. The highest BCUT2D eigenvalue weighted by molar-refractivity contribution is 7.99. The maximum absolute atomic E-state index is 10.5. The molecular formula is C13H23NO2S. The molecule has 2 heterocycles. The molecule has 0 saturated carbocycles. The van der Waals surface area contributed by atoms with Crippen LogP contribution in [0, 0.1) is 5.92 Å². The highest BCUT2D eigenvalue weighted by atomic mass is 32.2. The van der Waals surface area contributed by atoms with E-state index in [9.17, 15) is 4.79 Å². The lowest BCUT2D eigenvalue weighted by molar-refractivity contribution is -0.136. The lowest BCUT2D eigenvalue weighted by Gasteiger charge is -2.44. The van der Waals surface area contributed by atoms with Gasteiger partial charge in [-0.05, 0) is 50.4 Å². The van der Waals surface area contributed by atoms with Gasteiger partial charge in [-0.3, -0.25) is 4.79 Å². The topological polar surface area (TPSA) is 40.5 Å². The Morgan fingerprint density at radius 3 is 2.88 bits per heavy atom. The first kappa shape index (κ1) is 13.2. The zero-order valence-electron chi connectivity index (χ0n) is 10.4. The number of nitrogens with zero attached hydrogens (tertiary/aromatic N) is 1. The quantitative estimate of drug-likeness (QED) is 0.768. The summed E-state index contributed by atoms with van der Waals surface area (Å²) in [6.07, 6.45) is 7.12. The van der Waals surface area contributed by atoms with Crippen molar-refractivity contribution in [1.82, 2.24) is 4.90 Å². The average Bonchev–Trinajstić information content (AvgIpc) is 2.34. The second-order valence-electron chi connectivity index (χ2n) is 5.22. The highest BCUT2D eigenvalue weighted by Gasteiger charge is 2.32. The van der Waals surface area contributed by atoms with Crippen molar-refractivity contribution in [2.45, 2.75) is 44.6 Å². The van der Waals surface area contributed by atoms with Crippen LogP contribution in [-0.4, -0.2) is 46.6 Å². The maximum Gasteiger partial charge on any atom is 0.304 e. The third-order valence-corrected chi connectivity index (χ3v) is 5.18. The number of rotatable bonds is 5. The summed E-state index contributed by atoms with van der Waals surface area (Å²) in [6, 6.07) is 0.801. The molecule has 17 heavy (non-hydrogen) atoms. The van der Waals surface area contributed by atoms with Gasteiger partial charge in [0.25, 0.3) is 0 Å². The van der Waals surface area contributed by atoms with Crippen molar-refractivity contribution >= 4 is 17.7 Å². The highest BCUT2D eigenvalue weighted by Crippen LogP contribution is 2.32. The van der Waals surface area contributed by atoms with Gasteiger partial charge in [0.15, 0.2) is 0 Å². The predicted molar refractivity (Wildman–Crippen MR) is 71.5 cm³/mol. The monoisotopic (exact) mass is 257 g/mol. The summed E-state index contributed by atoms with van der Waals surface area (Å²) in [7, 11) is 0. The molecule has 0 aromatic heterocycles. The summed E-state index contributed by atoms with van der Waals surface area (Å²) in [6.45, 7) is 2.59. The van der Waals surface area contributed by atoms with Crippen molar-refractivity contribution in [3.05, 3.63) is 0 Å². The summed E-state index contributed by atoms with van der Waals surface area (Å²) in [5.74, 6) is 2.08. The van der Waals surface area contributed by atoms with E-state index >= 15 is 0 Å². The Kier molecular flexibility index (Phi) is 5.16. The van der Waals surface area contributed by atoms with E-state index in [2.05, 4.69) is 4.90 Å². The minimum Gasteiger partial charge on any atom is -0.481 e. The zero-order valence-corrected chi connectivity index (χ0v) is 11.3. The van der Waals surface area contributed by atoms with E-state index in [0.717, 1.165) is 23.5 Å². The molecular weight excluding hydrogens is 234 g/mol. The van der Waals surface area contributed by atoms with E-state index in [4.69, 9.17) is 5.11 Å². The van der Waals surface area contributed by atoms with E-state index in [1.807, 2.05) is 11.8 Å². The minimum atomic E-state index is -0.666. The van der Waals surface area contributed by atoms with E-state index in [1.54, 1.807) is 0 Å². The van der Waals surface area contributed by atoms with Crippen LogP contribution >= 0.6 is 11.8 Å². The third-order valence-electron chi connectivity index (χ3n) is 4.02. The molecule has 0 bridgehead atoms. The number of carbonyl (C=O) groups is 1. The molecule has 0 aromatic rings. The number of fused-ring (bicyclic) bond motifs is 1. The van der Waals surface area contributed by atoms with Crippen molar-refractivity contribution in [1.29, 1.82) is 0 Å². The van der Waals surface area contributed by atoms with Crippen molar-refractivity contribution in [3.63, 3.8) is 0 Å². The SMILES string of the molecule is O=C(O)CCSCC1CCCN2CCCCC12. The molecule has 2 rings (SSSR count). The molecule has 0 amide bonds. The number of thioether (sulfide) groups is 1. The zero-order chi connectivity index (χ0) is 12.1. The molecule has 2 atom stereocenters. The first-order valence-electron chi connectivity index (χ1n) is 6.81. The van der Waals surface area contributed by atoms with Crippen LogP contribution in [0.5, 0.6) is 0 Å². The maximum atomic E-state index is 10.5. The molecule has 2 saturated heterocycles. The molecule has 2 aliphatic heterocycles. The summed E-state index contributed by atoms with van der Waals surface area (Å²) >= 11 is 1.84. The molecule has 4 heteroatoms. The van der Waals surface area contributed by atoms with E-state index in [0.29, 0.717) is 6.42 Å². The van der Waals surface area contributed by atoms with Crippen molar-refractivity contribution in [2.24, 2.45) is 5.92 Å². The van der Waals surface area contributed by atoms with Gasteiger partial charge in [0.1, 0.15) is 0 Å². The Morgan fingerprint density at radius 1 is 1.24 bits per heavy atom. The van der Waals surface area contributed by atoms with Gasteiger partial charge >= 0.3 is 5.97 Å². The fourth-order valence-electron chi connectivity index (χ4n) is 3.17. The largest absolute Gasteiger partial charge is 0.481 e. The fourth-order valence-corrected chi connectivity index (χ4v) is 4.34. The number of hydrogen-bond donors (Lipinski definition) is 1. The minimum absolute atomic E-state index is 0.311. The number of carboxylic acids is 1. The second kappa shape index (κ2) is 6.64. The third kappa shape index (κ3) is 3.88. The lowest BCUT2D eigenvalue weighted by Crippen LogP contribution is -2.48. The molecule has 2 unspecified atom stereocenters. The van der Waals surface area contributed by atoms with Gasteiger partial charge in [0.2, 0.25) is 0 Å². The Labute approximate surface area is 108 Å². The predicted octanol–water partition coefficient (Wildman–Crippen LogP) is 2.46. The number of hydrogen-bond acceptors (Lipinski definition) is 3. The summed E-state index contributed by atoms with van der Waals surface area (Å²) < 4.78 is 0. The summed E-state index contributed by atoms with van der Waals surface area (Å²) in [5, 5.41) is 8.62. The van der Waals surface area contributed by atoms with E-state index in [1.165, 1.54) is 45.2 Å². The second-order valence-corrected chi connectivity index (χ2v) is 6.37. The van der Waals surface area contributed by atoms with Crippen LogP contribution in [0.4, 0.5) is 0 Å². The van der Waals surface area contributed by atoms with Crippen LogP contribution in [0.25, 0.3) is 0 Å². The van der Waals surface area contributed by atoms with Crippen LogP contribution in [0.2, 0.25) is 0 Å². The molecule has 0 aromatic carbocycles. The Bertz CT molecular complexity index is 258. The van der Waals surface area contributed by atoms with Crippen LogP contribution in [0.3, 0.4) is 0 Å². The van der Waals surface area contributed by atoms with Crippen LogP contribution in [-0.2, 0) is 4.79 Å². The summed E-state index contributed by atoms with van der Waals surface area (Å²) in [5.41, 5.74) is 0. The molecule has 0 radical (unpaired) electrons. The van der Waals surface area contributed by atoms with Crippen molar-refractivity contribution < 1.29 is 9.90 Å². The average molecular weight is 257 g/mol. The van der Waals surface area contributed by atoms with Crippen molar-refractivity contribution in [2.75, 3.05) is 24.6 Å².